The Morgan fingerprint density at radius 3 is 2.78 bits per heavy atom. The first-order valence-electron chi connectivity index (χ1n) is 11.4. The molecule has 2 bridgehead atoms. The van der Waals surface area contributed by atoms with Crippen molar-refractivity contribution < 1.29 is 14.3 Å². The van der Waals surface area contributed by atoms with Gasteiger partial charge in [-0.15, -0.1) is 0 Å². The fraction of sp³-hybridized carbons (Fsp3) is 0.542. The van der Waals surface area contributed by atoms with Gasteiger partial charge in [-0.3, -0.25) is 9.69 Å². The van der Waals surface area contributed by atoms with E-state index >= 15 is 0 Å². The van der Waals surface area contributed by atoms with Crippen molar-refractivity contribution in [3.8, 4) is 0 Å². The first-order valence-corrected chi connectivity index (χ1v) is 12.2. The molecule has 1 aromatic heterocycles. The first-order chi connectivity index (χ1) is 15.6. The molecule has 1 N–H and O–H groups in total. The van der Waals surface area contributed by atoms with Gasteiger partial charge in [-0.2, -0.15) is 0 Å². The molecule has 2 unspecified atom stereocenters. The van der Waals surface area contributed by atoms with E-state index in [0.717, 1.165) is 49.0 Å². The lowest BCUT2D eigenvalue weighted by Crippen LogP contribution is -2.61. The van der Waals surface area contributed by atoms with Crippen molar-refractivity contribution >= 4 is 29.2 Å². The largest absolute Gasteiger partial charge is 0.466 e. The molecule has 3 aliphatic rings. The molecule has 1 saturated heterocycles. The summed E-state index contributed by atoms with van der Waals surface area (Å²) in [5.74, 6) is 1.37. The second-order valence-electron chi connectivity index (χ2n) is 8.93. The molecule has 5 rings (SSSR count). The third kappa shape index (κ3) is 4.00. The monoisotopic (exact) mass is 454 g/mol. The van der Waals surface area contributed by atoms with E-state index in [2.05, 4.69) is 38.4 Å². The topological polar surface area (TPSA) is 76.6 Å². The number of aromatic nitrogens is 2. The van der Waals surface area contributed by atoms with Gasteiger partial charge in [0.25, 0.3) is 0 Å². The summed E-state index contributed by atoms with van der Waals surface area (Å²) in [6.07, 6.45) is 7.20. The molecular weight excluding hydrogens is 424 g/mol. The predicted molar refractivity (Wildman–Crippen MR) is 123 cm³/mol. The fourth-order valence-electron chi connectivity index (χ4n) is 5.72. The summed E-state index contributed by atoms with van der Waals surface area (Å²) < 4.78 is 11.4. The molecule has 2 aromatic rings. The van der Waals surface area contributed by atoms with Crippen molar-refractivity contribution in [2.75, 3.05) is 32.1 Å². The third-order valence-corrected chi connectivity index (χ3v) is 8.19. The molecule has 32 heavy (non-hydrogen) atoms. The Bertz CT molecular complexity index is 987. The minimum absolute atomic E-state index is 0.138. The second-order valence-corrected chi connectivity index (χ2v) is 9.96. The Hall–Kier alpha value is -2.16. The van der Waals surface area contributed by atoms with Crippen LogP contribution in [0.25, 0.3) is 0 Å². The molecule has 2 atom stereocenters. The van der Waals surface area contributed by atoms with Crippen LogP contribution in [-0.2, 0) is 20.8 Å². The summed E-state index contributed by atoms with van der Waals surface area (Å²) in [7, 11) is 1.77. The number of methoxy groups -OCH3 is 1. The van der Waals surface area contributed by atoms with Crippen LogP contribution in [0.2, 0.25) is 0 Å². The van der Waals surface area contributed by atoms with Gasteiger partial charge in [0.15, 0.2) is 5.82 Å². The number of ether oxygens (including phenoxy) is 2. The van der Waals surface area contributed by atoms with E-state index in [1.807, 2.05) is 6.92 Å². The highest BCUT2D eigenvalue weighted by Gasteiger charge is 2.53. The average Bonchev–Trinajstić information content (AvgIpc) is 2.78. The molecule has 1 aliphatic carbocycles. The summed E-state index contributed by atoms with van der Waals surface area (Å²) in [6, 6.07) is 6.61. The van der Waals surface area contributed by atoms with E-state index in [4.69, 9.17) is 9.47 Å². The van der Waals surface area contributed by atoms with Crippen LogP contribution in [0.15, 0.2) is 40.5 Å². The van der Waals surface area contributed by atoms with Gasteiger partial charge in [0, 0.05) is 55.9 Å². The predicted octanol–water partition coefficient (Wildman–Crippen LogP) is 4.26. The lowest BCUT2D eigenvalue weighted by atomic mass is 9.63. The molecule has 3 heterocycles. The molecule has 2 fully saturated rings. The zero-order chi connectivity index (χ0) is 22.1. The zero-order valence-electron chi connectivity index (χ0n) is 18.7. The highest BCUT2D eigenvalue weighted by atomic mass is 32.2. The summed E-state index contributed by atoms with van der Waals surface area (Å²) >= 11 is 1.65. The van der Waals surface area contributed by atoms with Gasteiger partial charge in [-0.25, -0.2) is 9.97 Å². The number of fused-ring (bicyclic) bond motifs is 4. The van der Waals surface area contributed by atoms with E-state index in [9.17, 15) is 4.79 Å². The van der Waals surface area contributed by atoms with E-state index in [1.54, 1.807) is 31.3 Å². The number of rotatable bonds is 6. The summed E-state index contributed by atoms with van der Waals surface area (Å²) in [4.78, 5) is 24.9. The fourth-order valence-corrected chi connectivity index (χ4v) is 6.60. The highest BCUT2D eigenvalue weighted by Crippen LogP contribution is 2.48. The Morgan fingerprint density at radius 2 is 2.03 bits per heavy atom. The van der Waals surface area contributed by atoms with Crippen molar-refractivity contribution in [3.63, 3.8) is 0 Å². The Balaban J connectivity index is 1.30. The number of nitrogens with zero attached hydrogens (tertiary/aromatic N) is 3. The van der Waals surface area contributed by atoms with Gasteiger partial charge < -0.3 is 14.8 Å². The van der Waals surface area contributed by atoms with Crippen LogP contribution < -0.4 is 5.32 Å². The molecule has 170 valence electrons. The second kappa shape index (κ2) is 9.00. The van der Waals surface area contributed by atoms with Crippen LogP contribution in [0.1, 0.15) is 38.2 Å². The van der Waals surface area contributed by atoms with Gasteiger partial charge in [0.2, 0.25) is 0 Å². The van der Waals surface area contributed by atoms with Gasteiger partial charge in [-0.05, 0) is 37.5 Å². The number of hydrogen-bond donors (Lipinski definition) is 1. The SMILES string of the molecule is CCOC(=O)CC1(OC)C2CCCC1CN(Cc1ccc3c(c1)Nc1nccnc1S3)C2. The maximum Gasteiger partial charge on any atom is 0.308 e. The van der Waals surface area contributed by atoms with E-state index in [-0.39, 0.29) is 5.97 Å². The van der Waals surface area contributed by atoms with Crippen LogP contribution in [0.3, 0.4) is 0 Å². The summed E-state index contributed by atoms with van der Waals surface area (Å²) in [5.41, 5.74) is 1.97. The highest BCUT2D eigenvalue weighted by molar-refractivity contribution is 7.99. The third-order valence-electron chi connectivity index (χ3n) is 7.12. The number of anilines is 2. The lowest BCUT2D eigenvalue weighted by Gasteiger charge is -2.54. The quantitative estimate of drug-likeness (QED) is 0.554. The molecule has 1 saturated carbocycles. The zero-order valence-corrected chi connectivity index (χ0v) is 19.5. The van der Waals surface area contributed by atoms with Crippen LogP contribution in [-0.4, -0.2) is 53.2 Å². The number of likely N-dealkylation sites (tertiary alicyclic amines) is 1. The Labute approximate surface area is 193 Å². The lowest BCUT2D eigenvalue weighted by molar-refractivity contribution is -0.183. The van der Waals surface area contributed by atoms with Gasteiger partial charge in [-0.1, -0.05) is 24.2 Å². The normalized spacial score (nSPS) is 26.6. The average molecular weight is 455 g/mol. The first kappa shape index (κ1) is 21.7. The van der Waals surface area contributed by atoms with Crippen molar-refractivity contribution in [3.05, 3.63) is 36.2 Å². The van der Waals surface area contributed by atoms with Crippen LogP contribution >= 0.6 is 11.8 Å². The number of carbonyl (C=O) groups is 1. The number of esters is 1. The number of hydrogen-bond acceptors (Lipinski definition) is 8. The van der Waals surface area contributed by atoms with Crippen molar-refractivity contribution in [1.29, 1.82) is 0 Å². The number of piperidine rings is 1. The molecule has 0 radical (unpaired) electrons. The van der Waals surface area contributed by atoms with E-state index in [0.29, 0.717) is 24.9 Å². The van der Waals surface area contributed by atoms with Gasteiger partial charge in [0.1, 0.15) is 5.03 Å². The van der Waals surface area contributed by atoms with Gasteiger partial charge >= 0.3 is 5.97 Å². The molecule has 8 heteroatoms. The minimum atomic E-state index is -0.391. The summed E-state index contributed by atoms with van der Waals surface area (Å²) in [5, 5.41) is 4.34. The molecule has 0 spiro atoms. The number of nitrogens with one attached hydrogen (secondary N) is 1. The maximum absolute atomic E-state index is 12.4. The van der Waals surface area contributed by atoms with Crippen LogP contribution in [0.5, 0.6) is 0 Å². The van der Waals surface area contributed by atoms with Crippen LogP contribution in [0.4, 0.5) is 11.5 Å². The summed E-state index contributed by atoms with van der Waals surface area (Å²) in [6.45, 7) is 5.05. The molecule has 1 aromatic carbocycles. The van der Waals surface area contributed by atoms with Crippen molar-refractivity contribution in [1.82, 2.24) is 14.9 Å². The maximum atomic E-state index is 12.4. The molecule has 2 aliphatic heterocycles. The van der Waals surface area contributed by atoms with Crippen molar-refractivity contribution in [2.24, 2.45) is 11.8 Å². The van der Waals surface area contributed by atoms with Gasteiger partial charge in [0.05, 0.1) is 24.3 Å². The number of benzene rings is 1. The van der Waals surface area contributed by atoms with E-state index in [1.165, 1.54) is 16.9 Å². The van der Waals surface area contributed by atoms with E-state index < -0.39 is 5.60 Å². The van der Waals surface area contributed by atoms with Crippen molar-refractivity contribution in [2.45, 2.75) is 54.7 Å². The molecule has 7 nitrogen and oxygen atoms in total. The molecular formula is C24H30N4O3S. The smallest absolute Gasteiger partial charge is 0.308 e. The Morgan fingerprint density at radius 1 is 1.25 bits per heavy atom. The van der Waals surface area contributed by atoms with Crippen LogP contribution in [0, 0.1) is 11.8 Å². The standard InChI is InChI=1S/C24H30N4O3S/c1-3-31-21(29)12-24(30-2)17-5-4-6-18(24)15-28(14-17)13-16-7-8-20-19(11-16)27-22-23(32-20)26-10-9-25-22/h7-11,17-18H,3-6,12-15H2,1-2H3,(H,25,27). The minimum Gasteiger partial charge on any atom is -0.466 e. The number of carbonyl (C=O) groups excluding carboxylic acids is 1. The Kier molecular flexibility index (Phi) is 6.09. The molecule has 0 amide bonds.